The number of ether oxygens (including phenoxy) is 2. The van der Waals surface area contributed by atoms with E-state index in [1.54, 1.807) is 0 Å². The lowest BCUT2D eigenvalue weighted by Crippen LogP contribution is -2.25. The fourth-order valence-electron chi connectivity index (χ4n) is 4.15. The molecule has 3 aromatic rings. The number of hydrogen-bond acceptors (Lipinski definition) is 4. The van der Waals surface area contributed by atoms with Gasteiger partial charge in [0.1, 0.15) is 6.61 Å². The minimum Gasteiger partial charge on any atom is -0.445 e. The van der Waals surface area contributed by atoms with Gasteiger partial charge in [0.2, 0.25) is 0 Å². The van der Waals surface area contributed by atoms with Gasteiger partial charge in [-0.05, 0) is 58.9 Å². The maximum atomic E-state index is 12.2. The largest absolute Gasteiger partial charge is 0.445 e. The maximum Gasteiger partial charge on any atom is 0.407 e. The summed E-state index contributed by atoms with van der Waals surface area (Å²) in [6.45, 7) is 1.88. The van der Waals surface area contributed by atoms with E-state index in [1.807, 2.05) is 36.4 Å². The summed E-state index contributed by atoms with van der Waals surface area (Å²) in [7, 11) is 0. The number of rotatable bonds is 9. The van der Waals surface area contributed by atoms with E-state index in [2.05, 4.69) is 41.7 Å². The molecule has 0 saturated carbocycles. The number of aliphatic hydroxyl groups is 1. The van der Waals surface area contributed by atoms with E-state index < -0.39 is 6.09 Å². The van der Waals surface area contributed by atoms with E-state index in [9.17, 15) is 9.90 Å². The van der Waals surface area contributed by atoms with Crippen LogP contribution in [0.25, 0.3) is 21.5 Å². The number of allylic oxidation sites excluding steroid dienone is 1. The molecule has 1 aliphatic rings. The van der Waals surface area contributed by atoms with Gasteiger partial charge in [-0.15, -0.1) is 0 Å². The Balaban J connectivity index is 1.20. The van der Waals surface area contributed by atoms with E-state index in [-0.39, 0.29) is 12.7 Å². The predicted octanol–water partition coefficient (Wildman–Crippen LogP) is 5.65. The van der Waals surface area contributed by atoms with Crippen LogP contribution in [0.3, 0.4) is 0 Å². The molecule has 0 aliphatic heterocycles. The van der Waals surface area contributed by atoms with Crippen LogP contribution in [-0.4, -0.2) is 37.1 Å². The topological polar surface area (TPSA) is 67.8 Å². The summed E-state index contributed by atoms with van der Waals surface area (Å²) in [5.41, 5.74) is 2.04. The number of alkyl carbamates (subject to hydrolysis) is 1. The highest BCUT2D eigenvalue weighted by Gasteiger charge is 2.10. The lowest BCUT2D eigenvalue weighted by molar-refractivity contribution is 0.137. The molecule has 1 amide bonds. The normalized spacial score (nSPS) is 15.9. The van der Waals surface area contributed by atoms with Crippen LogP contribution in [0.15, 0.2) is 78.4 Å². The molecule has 172 valence electrons. The highest BCUT2D eigenvalue weighted by molar-refractivity contribution is 6.02. The van der Waals surface area contributed by atoms with Gasteiger partial charge in [-0.2, -0.15) is 0 Å². The minimum atomic E-state index is -0.407. The van der Waals surface area contributed by atoms with Gasteiger partial charge < -0.3 is 19.9 Å². The molecule has 3 aromatic carbocycles. The first-order valence-electron chi connectivity index (χ1n) is 11.6. The Morgan fingerprint density at radius 1 is 1.00 bits per heavy atom. The van der Waals surface area contributed by atoms with E-state index in [0.717, 1.165) is 58.4 Å². The zero-order valence-electron chi connectivity index (χ0n) is 18.8. The number of unbranched alkanes of at least 4 members (excludes halogenated alkanes) is 1. The van der Waals surface area contributed by atoms with Crippen LogP contribution >= 0.6 is 0 Å². The number of nitrogens with one attached hydrogen (secondary N) is 1. The minimum absolute atomic E-state index is 0.227. The second kappa shape index (κ2) is 11.6. The van der Waals surface area contributed by atoms with E-state index in [4.69, 9.17) is 9.47 Å². The van der Waals surface area contributed by atoms with Crippen molar-refractivity contribution in [3.05, 3.63) is 84.0 Å². The van der Waals surface area contributed by atoms with Crippen LogP contribution in [0.5, 0.6) is 0 Å². The molecule has 33 heavy (non-hydrogen) atoms. The monoisotopic (exact) mass is 445 g/mol. The summed E-state index contributed by atoms with van der Waals surface area (Å²) in [6, 6.07) is 18.5. The zero-order valence-corrected chi connectivity index (χ0v) is 18.8. The van der Waals surface area contributed by atoms with Crippen LogP contribution in [0.4, 0.5) is 4.79 Å². The van der Waals surface area contributed by atoms with Crippen molar-refractivity contribution in [2.45, 2.75) is 38.4 Å². The first-order valence-corrected chi connectivity index (χ1v) is 11.6. The number of hydrogen-bond donors (Lipinski definition) is 2. The molecule has 4 rings (SSSR count). The van der Waals surface area contributed by atoms with Crippen molar-refractivity contribution in [2.75, 3.05) is 19.8 Å². The number of carbonyl (C=O) groups excluding carboxylic acids is 1. The average Bonchev–Trinajstić information content (AvgIpc) is 3.04. The molecular formula is C28H31NO4. The SMILES string of the molecule is O=C(NCCCCOCC1=CC(O)CCC=C1)OCc1c2ccccc2cc2ccccc12. The van der Waals surface area contributed by atoms with Gasteiger partial charge in [-0.1, -0.05) is 66.8 Å². The Hall–Kier alpha value is -3.15. The first kappa shape index (κ1) is 23.0. The van der Waals surface area contributed by atoms with Gasteiger partial charge >= 0.3 is 6.09 Å². The third-order valence-corrected chi connectivity index (χ3v) is 5.85. The number of carbonyl (C=O) groups is 1. The Kier molecular flexibility index (Phi) is 8.12. The molecule has 0 spiro atoms. The summed E-state index contributed by atoms with van der Waals surface area (Å²) in [6.07, 6.45) is 8.46. The quantitative estimate of drug-likeness (QED) is 0.330. The van der Waals surface area contributed by atoms with Crippen molar-refractivity contribution in [3.63, 3.8) is 0 Å². The first-order chi connectivity index (χ1) is 16.2. The van der Waals surface area contributed by atoms with Gasteiger partial charge in [0.15, 0.2) is 0 Å². The summed E-state index contributed by atoms with van der Waals surface area (Å²) >= 11 is 0. The zero-order chi connectivity index (χ0) is 22.9. The van der Waals surface area contributed by atoms with Crippen molar-refractivity contribution in [1.29, 1.82) is 0 Å². The van der Waals surface area contributed by atoms with Gasteiger partial charge in [-0.3, -0.25) is 0 Å². The summed E-state index contributed by atoms with van der Waals surface area (Å²) in [4.78, 5) is 12.2. The molecule has 5 heteroatoms. The molecule has 1 unspecified atom stereocenters. The molecule has 0 heterocycles. The third-order valence-electron chi connectivity index (χ3n) is 5.85. The standard InChI is InChI=1S/C28H31NO4/c30-24-12-4-1-9-21(17-24)19-32-16-8-7-15-29-28(31)33-20-27-25-13-5-2-10-22(25)18-23-11-3-6-14-26(23)27/h1-3,5-6,9-11,13-14,17-18,24,30H,4,7-8,12,15-16,19-20H2,(H,29,31). The van der Waals surface area contributed by atoms with E-state index in [0.29, 0.717) is 19.8 Å². The molecule has 1 aliphatic carbocycles. The molecule has 1 atom stereocenters. The summed E-state index contributed by atoms with van der Waals surface area (Å²) in [5, 5.41) is 17.1. The fourth-order valence-corrected chi connectivity index (χ4v) is 4.15. The molecule has 0 radical (unpaired) electrons. The van der Waals surface area contributed by atoms with Crippen molar-refractivity contribution < 1.29 is 19.4 Å². The van der Waals surface area contributed by atoms with Crippen molar-refractivity contribution >= 4 is 27.6 Å². The van der Waals surface area contributed by atoms with Gasteiger partial charge in [0, 0.05) is 18.7 Å². The van der Waals surface area contributed by atoms with Crippen LogP contribution in [0, 0.1) is 0 Å². The van der Waals surface area contributed by atoms with Crippen molar-refractivity contribution in [3.8, 4) is 0 Å². The fraction of sp³-hybridized carbons (Fsp3) is 0.321. The molecule has 0 bridgehead atoms. The van der Waals surface area contributed by atoms with Gasteiger partial charge in [0.05, 0.1) is 12.7 Å². The number of aliphatic hydroxyl groups excluding tert-OH is 1. The number of fused-ring (bicyclic) bond motifs is 2. The predicted molar refractivity (Wildman–Crippen MR) is 132 cm³/mol. The molecular weight excluding hydrogens is 414 g/mol. The lowest BCUT2D eigenvalue weighted by atomic mass is 9.97. The lowest BCUT2D eigenvalue weighted by Gasteiger charge is -2.13. The Morgan fingerprint density at radius 3 is 2.48 bits per heavy atom. The second-order valence-electron chi connectivity index (χ2n) is 8.35. The molecule has 0 saturated heterocycles. The van der Waals surface area contributed by atoms with Crippen LogP contribution in [0.2, 0.25) is 0 Å². The molecule has 5 nitrogen and oxygen atoms in total. The van der Waals surface area contributed by atoms with Crippen molar-refractivity contribution in [2.24, 2.45) is 0 Å². The average molecular weight is 446 g/mol. The smallest absolute Gasteiger partial charge is 0.407 e. The Labute approximate surface area is 194 Å². The highest BCUT2D eigenvalue weighted by Crippen LogP contribution is 2.29. The Bertz CT molecular complexity index is 1100. The number of benzene rings is 3. The molecule has 0 fully saturated rings. The van der Waals surface area contributed by atoms with Gasteiger partial charge in [-0.25, -0.2) is 4.79 Å². The van der Waals surface area contributed by atoms with Crippen LogP contribution in [0.1, 0.15) is 31.2 Å². The summed E-state index contributed by atoms with van der Waals surface area (Å²) in [5.74, 6) is 0. The van der Waals surface area contributed by atoms with Crippen molar-refractivity contribution in [1.82, 2.24) is 5.32 Å². The molecule has 0 aromatic heterocycles. The number of amides is 1. The highest BCUT2D eigenvalue weighted by atomic mass is 16.5. The van der Waals surface area contributed by atoms with E-state index in [1.165, 1.54) is 0 Å². The third kappa shape index (κ3) is 6.44. The van der Waals surface area contributed by atoms with E-state index >= 15 is 0 Å². The second-order valence-corrected chi connectivity index (χ2v) is 8.35. The molecule has 2 N–H and O–H groups in total. The van der Waals surface area contributed by atoms with Crippen LogP contribution < -0.4 is 5.32 Å². The summed E-state index contributed by atoms with van der Waals surface area (Å²) < 4.78 is 11.2. The van der Waals surface area contributed by atoms with Gasteiger partial charge in [0.25, 0.3) is 0 Å². The van der Waals surface area contributed by atoms with Crippen LogP contribution in [-0.2, 0) is 16.1 Å². The Morgan fingerprint density at radius 2 is 1.73 bits per heavy atom. The maximum absolute atomic E-state index is 12.2.